The van der Waals surface area contributed by atoms with Crippen molar-refractivity contribution in [3.63, 3.8) is 0 Å². The molecule has 1 N–H and O–H groups in total. The van der Waals surface area contributed by atoms with Crippen LogP contribution < -0.4 is 5.32 Å². The van der Waals surface area contributed by atoms with Gasteiger partial charge in [-0.1, -0.05) is 0 Å². The van der Waals surface area contributed by atoms with E-state index in [1.54, 1.807) is 10.9 Å². The Hall–Kier alpha value is -1.73. The molecule has 0 radical (unpaired) electrons. The van der Waals surface area contributed by atoms with E-state index in [0.29, 0.717) is 0 Å². The quantitative estimate of drug-likeness (QED) is 0.910. The fraction of sp³-hybridized carbons (Fsp3) is 0.643. The molecule has 3 heterocycles. The van der Waals surface area contributed by atoms with E-state index in [0.717, 1.165) is 42.3 Å². The van der Waals surface area contributed by atoms with Gasteiger partial charge in [-0.05, 0) is 13.8 Å². The van der Waals surface area contributed by atoms with Gasteiger partial charge < -0.3 is 10.1 Å². The monoisotopic (exact) mass is 290 g/mol. The van der Waals surface area contributed by atoms with Crippen LogP contribution in [0.3, 0.4) is 0 Å². The van der Waals surface area contributed by atoms with Gasteiger partial charge in [0.15, 0.2) is 5.65 Å². The van der Waals surface area contributed by atoms with Crippen molar-refractivity contribution in [1.82, 2.24) is 24.6 Å². The van der Waals surface area contributed by atoms with Crippen LogP contribution in [0.25, 0.3) is 11.0 Å². The second kappa shape index (κ2) is 5.57. The Kier molecular flexibility index (Phi) is 3.77. The number of hydrogen-bond acceptors (Lipinski definition) is 6. The maximum absolute atomic E-state index is 5.77. The topological polar surface area (TPSA) is 68.1 Å². The highest BCUT2D eigenvalue weighted by Gasteiger charge is 2.23. The Bertz CT molecular complexity index is 630. The van der Waals surface area contributed by atoms with Crippen molar-refractivity contribution in [2.75, 3.05) is 25.5 Å². The van der Waals surface area contributed by atoms with Crippen molar-refractivity contribution in [2.45, 2.75) is 32.6 Å². The standard InChI is InChI=1S/C14H22N6O/c1-9-6-20(7-10(2)21-9)8-12-17-13(15-3)11-5-16-19(4)14(11)18-12/h5,9-10H,6-8H2,1-4H3,(H,15,17,18). The molecule has 2 atom stereocenters. The van der Waals surface area contributed by atoms with Crippen molar-refractivity contribution < 1.29 is 4.74 Å². The predicted molar refractivity (Wildman–Crippen MR) is 81.1 cm³/mol. The maximum Gasteiger partial charge on any atom is 0.163 e. The smallest absolute Gasteiger partial charge is 0.163 e. The fourth-order valence-electron chi connectivity index (χ4n) is 2.94. The van der Waals surface area contributed by atoms with E-state index >= 15 is 0 Å². The highest BCUT2D eigenvalue weighted by Crippen LogP contribution is 2.20. The van der Waals surface area contributed by atoms with Gasteiger partial charge in [0, 0.05) is 27.2 Å². The molecule has 3 rings (SSSR count). The van der Waals surface area contributed by atoms with Gasteiger partial charge in [0.05, 0.1) is 30.3 Å². The van der Waals surface area contributed by atoms with Gasteiger partial charge in [0.1, 0.15) is 11.6 Å². The van der Waals surface area contributed by atoms with Crippen LogP contribution in [-0.4, -0.2) is 57.0 Å². The lowest BCUT2D eigenvalue weighted by molar-refractivity contribution is -0.0710. The molecule has 2 aromatic rings. The summed E-state index contributed by atoms with van der Waals surface area (Å²) in [5.41, 5.74) is 0.860. The number of ether oxygens (including phenoxy) is 1. The summed E-state index contributed by atoms with van der Waals surface area (Å²) in [5.74, 6) is 1.65. The first-order chi connectivity index (χ1) is 10.1. The number of aromatic nitrogens is 4. The van der Waals surface area contributed by atoms with E-state index < -0.39 is 0 Å². The van der Waals surface area contributed by atoms with E-state index in [9.17, 15) is 0 Å². The third kappa shape index (κ3) is 2.84. The highest BCUT2D eigenvalue weighted by molar-refractivity contribution is 5.86. The summed E-state index contributed by atoms with van der Waals surface area (Å²) in [6.45, 7) is 6.76. The molecule has 2 aromatic heterocycles. The molecule has 0 aromatic carbocycles. The third-order valence-electron chi connectivity index (χ3n) is 3.74. The predicted octanol–water partition coefficient (Wildman–Crippen LogP) is 1.01. The van der Waals surface area contributed by atoms with Crippen molar-refractivity contribution in [2.24, 2.45) is 7.05 Å². The maximum atomic E-state index is 5.77. The molecule has 7 heteroatoms. The first-order valence-electron chi connectivity index (χ1n) is 7.31. The summed E-state index contributed by atoms with van der Waals surface area (Å²) in [4.78, 5) is 11.6. The van der Waals surface area contributed by atoms with E-state index in [-0.39, 0.29) is 12.2 Å². The molecule has 7 nitrogen and oxygen atoms in total. The van der Waals surface area contributed by atoms with Crippen molar-refractivity contribution in [3.05, 3.63) is 12.0 Å². The number of aryl methyl sites for hydroxylation is 1. The molecule has 1 fully saturated rings. The molecule has 0 bridgehead atoms. The number of nitrogens with one attached hydrogen (secondary N) is 1. The fourth-order valence-corrected chi connectivity index (χ4v) is 2.94. The first-order valence-corrected chi connectivity index (χ1v) is 7.31. The molecule has 0 saturated carbocycles. The van der Waals surface area contributed by atoms with Crippen LogP contribution in [0.5, 0.6) is 0 Å². The second-order valence-corrected chi connectivity index (χ2v) is 5.70. The van der Waals surface area contributed by atoms with Crippen molar-refractivity contribution in [3.8, 4) is 0 Å². The molecule has 2 unspecified atom stereocenters. The molecular weight excluding hydrogens is 268 g/mol. The van der Waals surface area contributed by atoms with E-state index in [4.69, 9.17) is 4.74 Å². The summed E-state index contributed by atoms with van der Waals surface area (Å²) >= 11 is 0. The molecule has 1 aliphatic heterocycles. The Labute approximate surface area is 124 Å². The Morgan fingerprint density at radius 1 is 1.29 bits per heavy atom. The van der Waals surface area contributed by atoms with Gasteiger partial charge in [-0.25, -0.2) is 9.97 Å². The van der Waals surface area contributed by atoms with E-state index in [1.165, 1.54) is 0 Å². The van der Waals surface area contributed by atoms with Crippen LogP contribution in [0.15, 0.2) is 6.20 Å². The number of nitrogens with zero attached hydrogens (tertiary/aromatic N) is 5. The molecular formula is C14H22N6O. The average Bonchev–Trinajstić information content (AvgIpc) is 2.79. The molecule has 21 heavy (non-hydrogen) atoms. The van der Waals surface area contributed by atoms with E-state index in [1.807, 2.05) is 14.1 Å². The Morgan fingerprint density at radius 3 is 2.67 bits per heavy atom. The molecule has 1 saturated heterocycles. The Balaban J connectivity index is 1.88. The van der Waals surface area contributed by atoms with Crippen LogP contribution in [0.2, 0.25) is 0 Å². The number of fused-ring (bicyclic) bond motifs is 1. The van der Waals surface area contributed by atoms with Gasteiger partial charge in [0.2, 0.25) is 0 Å². The minimum atomic E-state index is 0.248. The van der Waals surface area contributed by atoms with Gasteiger partial charge in [-0.15, -0.1) is 0 Å². The SMILES string of the molecule is CNc1nc(CN2CC(C)OC(C)C2)nc2c1cnn2C. The van der Waals surface area contributed by atoms with Gasteiger partial charge in [-0.3, -0.25) is 9.58 Å². The summed E-state index contributed by atoms with van der Waals surface area (Å²) in [6.07, 6.45) is 2.29. The molecule has 0 aliphatic carbocycles. The zero-order valence-electron chi connectivity index (χ0n) is 13.0. The lowest BCUT2D eigenvalue weighted by Crippen LogP contribution is -2.45. The minimum Gasteiger partial charge on any atom is -0.373 e. The van der Waals surface area contributed by atoms with Crippen LogP contribution in [0, 0.1) is 0 Å². The lowest BCUT2D eigenvalue weighted by Gasteiger charge is -2.34. The highest BCUT2D eigenvalue weighted by atomic mass is 16.5. The normalized spacial score (nSPS) is 23.6. The summed E-state index contributed by atoms with van der Waals surface area (Å²) in [5, 5.41) is 8.34. The van der Waals surface area contributed by atoms with Gasteiger partial charge >= 0.3 is 0 Å². The lowest BCUT2D eigenvalue weighted by atomic mass is 10.2. The van der Waals surface area contributed by atoms with Crippen LogP contribution in [0.1, 0.15) is 19.7 Å². The van der Waals surface area contributed by atoms with Crippen LogP contribution >= 0.6 is 0 Å². The summed E-state index contributed by atoms with van der Waals surface area (Å²) in [6, 6.07) is 0. The first kappa shape index (κ1) is 14.2. The van der Waals surface area contributed by atoms with Crippen LogP contribution in [-0.2, 0) is 18.3 Å². The molecule has 0 spiro atoms. The minimum absolute atomic E-state index is 0.248. The van der Waals surface area contributed by atoms with Crippen molar-refractivity contribution in [1.29, 1.82) is 0 Å². The zero-order chi connectivity index (χ0) is 15.0. The number of hydrogen-bond donors (Lipinski definition) is 1. The second-order valence-electron chi connectivity index (χ2n) is 5.70. The molecule has 0 amide bonds. The number of anilines is 1. The number of rotatable bonds is 3. The average molecular weight is 290 g/mol. The molecule has 1 aliphatic rings. The Morgan fingerprint density at radius 2 is 2.00 bits per heavy atom. The van der Waals surface area contributed by atoms with Crippen LogP contribution in [0.4, 0.5) is 5.82 Å². The summed E-state index contributed by atoms with van der Waals surface area (Å²) in [7, 11) is 3.77. The summed E-state index contributed by atoms with van der Waals surface area (Å²) < 4.78 is 7.55. The van der Waals surface area contributed by atoms with Gasteiger partial charge in [0.25, 0.3) is 0 Å². The molecule has 114 valence electrons. The van der Waals surface area contributed by atoms with Gasteiger partial charge in [-0.2, -0.15) is 5.10 Å². The largest absolute Gasteiger partial charge is 0.373 e. The number of morpholine rings is 1. The third-order valence-corrected chi connectivity index (χ3v) is 3.74. The van der Waals surface area contributed by atoms with Crippen molar-refractivity contribution >= 4 is 16.9 Å². The zero-order valence-corrected chi connectivity index (χ0v) is 13.0. The van der Waals surface area contributed by atoms with E-state index in [2.05, 4.69) is 39.1 Å².